The van der Waals surface area contributed by atoms with Crippen LogP contribution in [0, 0.1) is 6.92 Å². The zero-order valence-corrected chi connectivity index (χ0v) is 8.39. The molecule has 13 heavy (non-hydrogen) atoms. The third-order valence-corrected chi connectivity index (χ3v) is 1.65. The molecule has 0 fully saturated rings. The molecule has 1 aromatic heterocycles. The van der Waals surface area contributed by atoms with E-state index in [9.17, 15) is 0 Å². The van der Waals surface area contributed by atoms with Crippen LogP contribution in [0.4, 0.5) is 11.6 Å². The lowest BCUT2D eigenvalue weighted by atomic mass is 10.4. The van der Waals surface area contributed by atoms with Crippen molar-refractivity contribution in [2.75, 3.05) is 24.2 Å². The highest BCUT2D eigenvalue weighted by atomic mass is 15.1. The Bertz CT molecular complexity index is 272. The number of anilines is 2. The van der Waals surface area contributed by atoms with Crippen molar-refractivity contribution in [2.24, 2.45) is 0 Å². The molecule has 1 rings (SSSR count). The molecular weight excluding hydrogens is 164 g/mol. The van der Waals surface area contributed by atoms with Gasteiger partial charge in [0.1, 0.15) is 17.5 Å². The number of rotatable bonds is 4. The van der Waals surface area contributed by atoms with E-state index in [1.54, 1.807) is 0 Å². The Balaban J connectivity index is 2.76. The average Bonchev–Trinajstić information content (AvgIpc) is 2.14. The molecule has 0 saturated heterocycles. The molecule has 4 heteroatoms. The molecule has 2 N–H and O–H groups in total. The van der Waals surface area contributed by atoms with Gasteiger partial charge in [0.15, 0.2) is 0 Å². The topological polar surface area (TPSA) is 49.8 Å². The van der Waals surface area contributed by atoms with E-state index in [4.69, 9.17) is 0 Å². The van der Waals surface area contributed by atoms with Crippen LogP contribution in [0.2, 0.25) is 0 Å². The zero-order chi connectivity index (χ0) is 9.68. The second kappa shape index (κ2) is 4.64. The van der Waals surface area contributed by atoms with Gasteiger partial charge in [0, 0.05) is 19.7 Å². The van der Waals surface area contributed by atoms with E-state index < -0.39 is 0 Å². The van der Waals surface area contributed by atoms with Crippen molar-refractivity contribution in [1.82, 2.24) is 9.97 Å². The summed E-state index contributed by atoms with van der Waals surface area (Å²) < 4.78 is 0. The third kappa shape index (κ3) is 2.89. The van der Waals surface area contributed by atoms with Crippen LogP contribution in [0.25, 0.3) is 0 Å². The Morgan fingerprint density at radius 2 is 2.00 bits per heavy atom. The summed E-state index contributed by atoms with van der Waals surface area (Å²) in [5.41, 5.74) is 0. The summed E-state index contributed by atoms with van der Waals surface area (Å²) in [5, 5.41) is 6.21. The van der Waals surface area contributed by atoms with Crippen LogP contribution >= 0.6 is 0 Å². The highest BCUT2D eigenvalue weighted by Crippen LogP contribution is 2.09. The molecule has 0 aliphatic carbocycles. The zero-order valence-electron chi connectivity index (χ0n) is 8.39. The largest absolute Gasteiger partial charge is 0.373 e. The van der Waals surface area contributed by atoms with Crippen LogP contribution in [0.3, 0.4) is 0 Å². The quantitative estimate of drug-likeness (QED) is 0.739. The van der Waals surface area contributed by atoms with E-state index in [2.05, 4.69) is 27.5 Å². The van der Waals surface area contributed by atoms with Gasteiger partial charge >= 0.3 is 0 Å². The van der Waals surface area contributed by atoms with Gasteiger partial charge in [-0.25, -0.2) is 9.97 Å². The number of hydrogen-bond donors (Lipinski definition) is 2. The second-order valence-corrected chi connectivity index (χ2v) is 2.86. The van der Waals surface area contributed by atoms with E-state index >= 15 is 0 Å². The molecule has 1 heterocycles. The summed E-state index contributed by atoms with van der Waals surface area (Å²) in [7, 11) is 1.85. The lowest BCUT2D eigenvalue weighted by Crippen LogP contribution is -2.05. The fourth-order valence-electron chi connectivity index (χ4n) is 1.04. The van der Waals surface area contributed by atoms with Crippen LogP contribution in [-0.4, -0.2) is 23.6 Å². The molecule has 1 aromatic rings. The fraction of sp³-hybridized carbons (Fsp3) is 0.556. The van der Waals surface area contributed by atoms with Gasteiger partial charge in [-0.1, -0.05) is 6.92 Å². The molecule has 0 aliphatic heterocycles. The Morgan fingerprint density at radius 1 is 1.31 bits per heavy atom. The van der Waals surface area contributed by atoms with Crippen molar-refractivity contribution in [3.05, 3.63) is 11.9 Å². The lowest BCUT2D eigenvalue weighted by Gasteiger charge is -2.06. The van der Waals surface area contributed by atoms with Crippen molar-refractivity contribution < 1.29 is 0 Å². The molecule has 72 valence electrons. The van der Waals surface area contributed by atoms with Gasteiger partial charge in [-0.05, 0) is 13.3 Å². The first-order valence-corrected chi connectivity index (χ1v) is 4.53. The Labute approximate surface area is 78.8 Å². The standard InChI is InChI=1S/C9H16N4/c1-4-5-11-9-6-8(10-3)12-7(2)13-9/h6H,4-5H2,1-3H3,(H2,10,11,12,13). The summed E-state index contributed by atoms with van der Waals surface area (Å²) in [6, 6.07) is 1.91. The monoisotopic (exact) mass is 180 g/mol. The molecule has 0 unspecified atom stereocenters. The molecule has 0 spiro atoms. The minimum absolute atomic E-state index is 0.783. The summed E-state index contributed by atoms with van der Waals surface area (Å²) in [6.07, 6.45) is 1.10. The highest BCUT2D eigenvalue weighted by molar-refractivity contribution is 5.46. The van der Waals surface area contributed by atoms with Crippen LogP contribution in [-0.2, 0) is 0 Å². The van der Waals surface area contributed by atoms with Crippen LogP contribution in [0.5, 0.6) is 0 Å². The van der Waals surface area contributed by atoms with E-state index in [-0.39, 0.29) is 0 Å². The second-order valence-electron chi connectivity index (χ2n) is 2.86. The number of hydrogen-bond acceptors (Lipinski definition) is 4. The third-order valence-electron chi connectivity index (χ3n) is 1.65. The van der Waals surface area contributed by atoms with Gasteiger partial charge in [0.2, 0.25) is 0 Å². The summed E-state index contributed by atoms with van der Waals surface area (Å²) >= 11 is 0. The molecular formula is C9H16N4. The lowest BCUT2D eigenvalue weighted by molar-refractivity contribution is 0.954. The van der Waals surface area contributed by atoms with Crippen molar-refractivity contribution in [1.29, 1.82) is 0 Å². The molecule has 4 nitrogen and oxygen atoms in total. The highest BCUT2D eigenvalue weighted by Gasteiger charge is 1.98. The van der Waals surface area contributed by atoms with Crippen LogP contribution < -0.4 is 10.6 Å². The summed E-state index contributed by atoms with van der Waals surface area (Å²) in [6.45, 7) is 4.96. The normalized spacial score (nSPS) is 9.77. The average molecular weight is 180 g/mol. The fourth-order valence-corrected chi connectivity index (χ4v) is 1.04. The van der Waals surface area contributed by atoms with Crippen molar-refractivity contribution >= 4 is 11.6 Å². The van der Waals surface area contributed by atoms with Crippen molar-refractivity contribution in [2.45, 2.75) is 20.3 Å². The molecule has 0 saturated carbocycles. The number of nitrogens with zero attached hydrogens (tertiary/aromatic N) is 2. The minimum Gasteiger partial charge on any atom is -0.373 e. The minimum atomic E-state index is 0.783. The molecule has 0 bridgehead atoms. The predicted molar refractivity (Wildman–Crippen MR) is 55.1 cm³/mol. The van der Waals surface area contributed by atoms with E-state index in [0.717, 1.165) is 30.4 Å². The number of aryl methyl sites for hydroxylation is 1. The Kier molecular flexibility index (Phi) is 3.49. The first-order valence-electron chi connectivity index (χ1n) is 4.53. The first kappa shape index (κ1) is 9.77. The van der Waals surface area contributed by atoms with E-state index in [0.29, 0.717) is 0 Å². The van der Waals surface area contributed by atoms with Gasteiger partial charge in [0.25, 0.3) is 0 Å². The maximum absolute atomic E-state index is 4.26. The molecule has 0 aliphatic rings. The van der Waals surface area contributed by atoms with E-state index in [1.165, 1.54) is 0 Å². The summed E-state index contributed by atoms with van der Waals surface area (Å²) in [5.74, 6) is 2.52. The van der Waals surface area contributed by atoms with Crippen molar-refractivity contribution in [3.63, 3.8) is 0 Å². The van der Waals surface area contributed by atoms with Gasteiger partial charge in [-0.2, -0.15) is 0 Å². The first-order chi connectivity index (χ1) is 6.26. The van der Waals surface area contributed by atoms with Crippen LogP contribution in [0.1, 0.15) is 19.2 Å². The molecule has 0 radical (unpaired) electrons. The SMILES string of the molecule is CCCNc1cc(NC)nc(C)n1. The smallest absolute Gasteiger partial charge is 0.131 e. The van der Waals surface area contributed by atoms with E-state index in [1.807, 2.05) is 20.0 Å². The maximum atomic E-state index is 4.26. The maximum Gasteiger partial charge on any atom is 0.131 e. The molecule has 0 atom stereocenters. The number of nitrogens with one attached hydrogen (secondary N) is 2. The van der Waals surface area contributed by atoms with Gasteiger partial charge in [0.05, 0.1) is 0 Å². The van der Waals surface area contributed by atoms with Gasteiger partial charge < -0.3 is 10.6 Å². The van der Waals surface area contributed by atoms with Gasteiger partial charge in [-0.15, -0.1) is 0 Å². The number of aromatic nitrogens is 2. The molecule has 0 aromatic carbocycles. The summed E-state index contributed by atoms with van der Waals surface area (Å²) in [4.78, 5) is 8.46. The van der Waals surface area contributed by atoms with Crippen LogP contribution in [0.15, 0.2) is 6.07 Å². The van der Waals surface area contributed by atoms with Gasteiger partial charge in [-0.3, -0.25) is 0 Å². The molecule has 0 amide bonds. The Morgan fingerprint density at radius 3 is 2.62 bits per heavy atom. The van der Waals surface area contributed by atoms with Crippen molar-refractivity contribution in [3.8, 4) is 0 Å². The predicted octanol–water partition coefficient (Wildman–Crippen LogP) is 1.65. The Hall–Kier alpha value is -1.32.